The number of aromatic nitrogens is 4. The Labute approximate surface area is 225 Å². The lowest BCUT2D eigenvalue weighted by Gasteiger charge is -2.35. The highest BCUT2D eigenvalue weighted by Crippen LogP contribution is 2.34. The highest BCUT2D eigenvalue weighted by Gasteiger charge is 2.27. The second-order valence-electron chi connectivity index (χ2n) is 10.3. The van der Waals surface area contributed by atoms with E-state index in [1.807, 2.05) is 44.7 Å². The molecule has 1 unspecified atom stereocenters. The van der Waals surface area contributed by atoms with Gasteiger partial charge in [0.1, 0.15) is 0 Å². The molecule has 7 nitrogen and oxygen atoms in total. The summed E-state index contributed by atoms with van der Waals surface area (Å²) in [6.45, 7) is 6.04. The van der Waals surface area contributed by atoms with Crippen molar-refractivity contribution < 1.29 is 4.79 Å². The second kappa shape index (κ2) is 11.7. The number of benzene rings is 1. The molecule has 0 saturated carbocycles. The third-order valence-electron chi connectivity index (χ3n) is 7.58. The van der Waals surface area contributed by atoms with E-state index in [0.29, 0.717) is 12.1 Å². The van der Waals surface area contributed by atoms with Crippen molar-refractivity contribution in [2.75, 3.05) is 6.54 Å². The second-order valence-corrected chi connectivity index (χ2v) is 10.3. The molecule has 0 radical (unpaired) electrons. The van der Waals surface area contributed by atoms with E-state index in [2.05, 4.69) is 62.1 Å². The molecule has 5 rings (SSSR count). The maximum Gasteiger partial charge on any atom is 0.253 e. The van der Waals surface area contributed by atoms with Crippen molar-refractivity contribution in [1.82, 2.24) is 29.7 Å². The Morgan fingerprint density at radius 3 is 2.79 bits per heavy atom. The van der Waals surface area contributed by atoms with Gasteiger partial charge in [0, 0.05) is 57.4 Å². The number of imidazole rings is 1. The first-order chi connectivity index (χ1) is 18.5. The van der Waals surface area contributed by atoms with Gasteiger partial charge in [-0.25, -0.2) is 4.98 Å². The molecule has 0 aliphatic heterocycles. The average molecular weight is 509 g/mol. The number of carbonyl (C=O) groups is 1. The van der Waals surface area contributed by atoms with Crippen molar-refractivity contribution in [2.45, 2.75) is 58.7 Å². The van der Waals surface area contributed by atoms with Crippen molar-refractivity contribution in [2.24, 2.45) is 7.05 Å². The van der Waals surface area contributed by atoms with Crippen LogP contribution in [0, 0.1) is 13.8 Å². The highest BCUT2D eigenvalue weighted by molar-refractivity contribution is 5.96. The number of nitrogens with one attached hydrogen (secondary N) is 1. The minimum Gasteiger partial charge on any atom is -0.348 e. The largest absolute Gasteiger partial charge is 0.348 e. The first-order valence-corrected chi connectivity index (χ1v) is 13.4. The normalized spacial score (nSPS) is 14.9. The van der Waals surface area contributed by atoms with Crippen LogP contribution in [0.25, 0.3) is 0 Å². The fraction of sp³-hybridized carbons (Fsp3) is 0.355. The Bertz CT molecular complexity index is 1390. The maximum absolute atomic E-state index is 12.9. The number of pyridine rings is 2. The van der Waals surface area contributed by atoms with Crippen LogP contribution in [0.3, 0.4) is 0 Å². The lowest BCUT2D eigenvalue weighted by atomic mass is 9.90. The van der Waals surface area contributed by atoms with Gasteiger partial charge in [0.2, 0.25) is 0 Å². The van der Waals surface area contributed by atoms with E-state index < -0.39 is 0 Å². The fourth-order valence-corrected chi connectivity index (χ4v) is 5.55. The number of amides is 1. The quantitative estimate of drug-likeness (QED) is 0.349. The summed E-state index contributed by atoms with van der Waals surface area (Å²) in [5, 5.41) is 3.09. The zero-order chi connectivity index (χ0) is 26.5. The molecule has 0 bridgehead atoms. The van der Waals surface area contributed by atoms with Crippen LogP contribution in [0.1, 0.15) is 68.6 Å². The van der Waals surface area contributed by atoms with Gasteiger partial charge in [-0.1, -0.05) is 30.3 Å². The molecule has 1 aliphatic carbocycles. The predicted octanol–water partition coefficient (Wildman–Crippen LogP) is 4.88. The molecule has 1 aromatic carbocycles. The van der Waals surface area contributed by atoms with Crippen LogP contribution in [0.4, 0.5) is 0 Å². The first kappa shape index (κ1) is 25.8. The van der Waals surface area contributed by atoms with Gasteiger partial charge in [-0.05, 0) is 67.5 Å². The Morgan fingerprint density at radius 1 is 1.11 bits per heavy atom. The zero-order valence-corrected chi connectivity index (χ0v) is 22.5. The van der Waals surface area contributed by atoms with Gasteiger partial charge < -0.3 is 9.88 Å². The van der Waals surface area contributed by atoms with Crippen molar-refractivity contribution >= 4 is 5.91 Å². The number of rotatable bonds is 9. The van der Waals surface area contributed by atoms with Gasteiger partial charge >= 0.3 is 0 Å². The number of fused-ring (bicyclic) bond motifs is 1. The summed E-state index contributed by atoms with van der Waals surface area (Å²) < 4.78 is 2.10. The van der Waals surface area contributed by atoms with Crippen molar-refractivity contribution in [3.05, 3.63) is 112 Å². The first-order valence-electron chi connectivity index (χ1n) is 13.4. The van der Waals surface area contributed by atoms with E-state index >= 15 is 0 Å². The average Bonchev–Trinajstić information content (AvgIpc) is 3.34. The SMILES string of the molecule is Cc1ccnc(C)c1C(=O)NCc1cccc(CN(CCc2cncn2C)C2CCCc3cccnc32)c1. The van der Waals surface area contributed by atoms with Crippen LogP contribution in [0.5, 0.6) is 0 Å². The molecule has 0 fully saturated rings. The molecule has 0 saturated heterocycles. The van der Waals surface area contributed by atoms with Crippen LogP contribution in [-0.2, 0) is 33.0 Å². The molecule has 7 heteroatoms. The minimum absolute atomic E-state index is 0.0822. The van der Waals surface area contributed by atoms with Crippen molar-refractivity contribution in [3.8, 4) is 0 Å². The lowest BCUT2D eigenvalue weighted by molar-refractivity contribution is 0.0949. The topological polar surface area (TPSA) is 75.9 Å². The van der Waals surface area contributed by atoms with Crippen LogP contribution < -0.4 is 5.32 Å². The molecular formula is C31H36N6O. The third kappa shape index (κ3) is 5.83. The molecule has 3 heterocycles. The Kier molecular flexibility index (Phi) is 7.94. The minimum atomic E-state index is -0.0822. The van der Waals surface area contributed by atoms with Gasteiger partial charge in [0.05, 0.1) is 29.3 Å². The van der Waals surface area contributed by atoms with E-state index in [1.165, 1.54) is 28.9 Å². The summed E-state index contributed by atoms with van der Waals surface area (Å²) >= 11 is 0. The van der Waals surface area contributed by atoms with E-state index in [0.717, 1.165) is 49.2 Å². The number of carbonyl (C=O) groups excluding carboxylic acids is 1. The third-order valence-corrected chi connectivity index (χ3v) is 7.58. The highest BCUT2D eigenvalue weighted by atomic mass is 16.1. The number of hydrogen-bond acceptors (Lipinski definition) is 5. The summed E-state index contributed by atoms with van der Waals surface area (Å²) in [7, 11) is 2.05. The van der Waals surface area contributed by atoms with Gasteiger partial charge in [-0.3, -0.25) is 19.7 Å². The van der Waals surface area contributed by atoms with Crippen LogP contribution >= 0.6 is 0 Å². The number of aryl methyl sites for hydroxylation is 4. The Hall–Kier alpha value is -3.84. The molecule has 1 N–H and O–H groups in total. The summed E-state index contributed by atoms with van der Waals surface area (Å²) in [6, 6.07) is 15.0. The van der Waals surface area contributed by atoms with Crippen molar-refractivity contribution in [1.29, 1.82) is 0 Å². The summed E-state index contributed by atoms with van der Waals surface area (Å²) in [5.74, 6) is -0.0822. The molecule has 4 aromatic rings. The maximum atomic E-state index is 12.9. The van der Waals surface area contributed by atoms with Gasteiger partial charge in [-0.2, -0.15) is 0 Å². The van der Waals surface area contributed by atoms with Gasteiger partial charge in [0.15, 0.2) is 0 Å². The number of nitrogens with zero attached hydrogens (tertiary/aromatic N) is 5. The van der Waals surface area contributed by atoms with E-state index in [4.69, 9.17) is 4.98 Å². The van der Waals surface area contributed by atoms with Crippen LogP contribution in [-0.4, -0.2) is 36.9 Å². The summed E-state index contributed by atoms with van der Waals surface area (Å²) in [5.41, 5.74) is 8.48. The molecule has 3 aromatic heterocycles. The summed E-state index contributed by atoms with van der Waals surface area (Å²) in [4.78, 5) is 28.9. The van der Waals surface area contributed by atoms with Crippen LogP contribution in [0.2, 0.25) is 0 Å². The monoisotopic (exact) mass is 508 g/mol. The lowest BCUT2D eigenvalue weighted by Crippen LogP contribution is -2.33. The fourth-order valence-electron chi connectivity index (χ4n) is 5.55. The van der Waals surface area contributed by atoms with Crippen LogP contribution in [0.15, 0.2) is 67.4 Å². The molecule has 0 spiro atoms. The van der Waals surface area contributed by atoms with E-state index in [-0.39, 0.29) is 11.9 Å². The number of hydrogen-bond donors (Lipinski definition) is 1. The van der Waals surface area contributed by atoms with Crippen molar-refractivity contribution in [3.63, 3.8) is 0 Å². The van der Waals surface area contributed by atoms with Gasteiger partial charge in [-0.15, -0.1) is 0 Å². The molecule has 38 heavy (non-hydrogen) atoms. The summed E-state index contributed by atoms with van der Waals surface area (Å²) in [6.07, 6.45) is 11.8. The molecule has 196 valence electrons. The predicted molar refractivity (Wildman–Crippen MR) is 149 cm³/mol. The molecule has 1 amide bonds. The standard InChI is InChI=1S/C31H36N6O/c1-22-12-15-33-23(2)29(22)31(38)35-18-24-7-4-8-25(17-24)20-37(16-13-27-19-32-21-36(27)3)28-11-5-9-26-10-6-14-34-30(26)28/h4,6-8,10,12,14-15,17,19,21,28H,5,9,11,13,16,18,20H2,1-3H3,(H,35,38). The van der Waals surface area contributed by atoms with E-state index in [1.54, 1.807) is 6.20 Å². The molecular weight excluding hydrogens is 472 g/mol. The zero-order valence-electron chi connectivity index (χ0n) is 22.5. The molecule has 1 aliphatic rings. The van der Waals surface area contributed by atoms with E-state index in [9.17, 15) is 4.79 Å². The van der Waals surface area contributed by atoms with Gasteiger partial charge in [0.25, 0.3) is 5.91 Å². The Balaban J connectivity index is 1.33. The smallest absolute Gasteiger partial charge is 0.253 e. The molecule has 1 atom stereocenters. The Morgan fingerprint density at radius 2 is 1.97 bits per heavy atom.